The Bertz CT molecular complexity index is 632. The first-order chi connectivity index (χ1) is 9.79. The molecule has 0 spiro atoms. The zero-order valence-corrected chi connectivity index (χ0v) is 11.4. The minimum absolute atomic E-state index is 0.188. The molecule has 0 saturated carbocycles. The van der Waals surface area contributed by atoms with Crippen LogP contribution in [0.2, 0.25) is 0 Å². The molecule has 0 bridgehead atoms. The summed E-state index contributed by atoms with van der Waals surface area (Å²) in [6.07, 6.45) is 1.30. The Balaban J connectivity index is 1.85. The summed E-state index contributed by atoms with van der Waals surface area (Å²) < 4.78 is 11.3. The summed E-state index contributed by atoms with van der Waals surface area (Å²) in [6.45, 7) is 0.490. The fourth-order valence-electron chi connectivity index (χ4n) is 2.56. The lowest BCUT2D eigenvalue weighted by Crippen LogP contribution is -2.00. The van der Waals surface area contributed by atoms with Crippen molar-refractivity contribution in [3.63, 3.8) is 0 Å². The number of fused-ring (bicyclic) bond motifs is 1. The Hall–Kier alpha value is -2.29. The summed E-state index contributed by atoms with van der Waals surface area (Å²) in [7, 11) is 1.62. The quantitative estimate of drug-likeness (QED) is 0.852. The molecule has 102 valence electrons. The number of carbonyl (C=O) groups excluding carboxylic acids is 1. The Labute approximate surface area is 118 Å². The molecule has 0 aromatic heterocycles. The van der Waals surface area contributed by atoms with Gasteiger partial charge in [-0.05, 0) is 24.1 Å². The van der Waals surface area contributed by atoms with Gasteiger partial charge in [0, 0.05) is 17.5 Å². The number of ketones is 1. The highest BCUT2D eigenvalue weighted by atomic mass is 16.5. The van der Waals surface area contributed by atoms with Crippen molar-refractivity contribution in [2.45, 2.75) is 19.4 Å². The number of methoxy groups -OCH3 is 1. The molecule has 0 radical (unpaired) electrons. The van der Waals surface area contributed by atoms with Gasteiger partial charge >= 0.3 is 0 Å². The number of ether oxygens (including phenoxy) is 2. The molecular formula is C17H16O3. The number of rotatable bonds is 4. The monoisotopic (exact) mass is 268 g/mol. The smallest absolute Gasteiger partial charge is 0.164 e. The van der Waals surface area contributed by atoms with Gasteiger partial charge in [0.2, 0.25) is 0 Å². The number of carbonyl (C=O) groups is 1. The second kappa shape index (κ2) is 5.37. The number of hydrogen-bond acceptors (Lipinski definition) is 3. The molecule has 0 atom stereocenters. The summed E-state index contributed by atoms with van der Waals surface area (Å²) in [5.41, 5.74) is 2.85. The Morgan fingerprint density at radius 2 is 1.85 bits per heavy atom. The van der Waals surface area contributed by atoms with Crippen LogP contribution in [0, 0.1) is 0 Å². The average molecular weight is 268 g/mol. The minimum Gasteiger partial charge on any atom is -0.493 e. The lowest BCUT2D eigenvalue weighted by Gasteiger charge is -2.14. The van der Waals surface area contributed by atoms with Crippen molar-refractivity contribution < 1.29 is 14.3 Å². The summed E-state index contributed by atoms with van der Waals surface area (Å²) in [4.78, 5) is 11.7. The van der Waals surface area contributed by atoms with E-state index in [0.29, 0.717) is 24.5 Å². The van der Waals surface area contributed by atoms with E-state index in [1.807, 2.05) is 42.5 Å². The predicted molar refractivity (Wildman–Crippen MR) is 76.4 cm³/mol. The second-order valence-corrected chi connectivity index (χ2v) is 4.82. The standard InChI is InChI=1S/C17H16O3/c1-19-17-14-7-9-15(18)13(14)8-10-16(17)20-11-12-5-3-2-4-6-12/h2-6,8,10H,7,9,11H2,1H3. The van der Waals surface area contributed by atoms with Gasteiger partial charge in [0.1, 0.15) is 6.61 Å². The SMILES string of the molecule is COc1c(OCc2ccccc2)ccc2c1CCC2=O. The first kappa shape index (κ1) is 12.7. The minimum atomic E-state index is 0.188. The molecule has 0 unspecified atom stereocenters. The largest absolute Gasteiger partial charge is 0.493 e. The predicted octanol–water partition coefficient (Wildman–Crippen LogP) is 3.40. The van der Waals surface area contributed by atoms with Gasteiger partial charge in [-0.15, -0.1) is 0 Å². The van der Waals surface area contributed by atoms with E-state index in [9.17, 15) is 4.79 Å². The van der Waals surface area contributed by atoms with Crippen molar-refractivity contribution in [1.82, 2.24) is 0 Å². The van der Waals surface area contributed by atoms with Gasteiger partial charge in [-0.2, -0.15) is 0 Å². The maximum absolute atomic E-state index is 11.7. The lowest BCUT2D eigenvalue weighted by atomic mass is 10.1. The van der Waals surface area contributed by atoms with E-state index in [1.165, 1.54) is 0 Å². The van der Waals surface area contributed by atoms with Gasteiger partial charge in [0.05, 0.1) is 7.11 Å². The normalized spacial score (nSPS) is 13.2. The molecule has 0 amide bonds. The molecule has 20 heavy (non-hydrogen) atoms. The highest BCUT2D eigenvalue weighted by Gasteiger charge is 2.25. The molecule has 3 heteroatoms. The number of hydrogen-bond donors (Lipinski definition) is 0. The van der Waals surface area contributed by atoms with Crippen LogP contribution in [0.1, 0.15) is 27.9 Å². The zero-order chi connectivity index (χ0) is 13.9. The molecule has 1 aliphatic rings. The van der Waals surface area contributed by atoms with E-state index >= 15 is 0 Å². The third-order valence-electron chi connectivity index (χ3n) is 3.57. The van der Waals surface area contributed by atoms with Crippen molar-refractivity contribution in [2.75, 3.05) is 7.11 Å². The molecule has 0 saturated heterocycles. The second-order valence-electron chi connectivity index (χ2n) is 4.82. The molecular weight excluding hydrogens is 252 g/mol. The van der Waals surface area contributed by atoms with Crippen LogP contribution in [-0.4, -0.2) is 12.9 Å². The molecule has 3 nitrogen and oxygen atoms in total. The van der Waals surface area contributed by atoms with E-state index in [1.54, 1.807) is 7.11 Å². The van der Waals surface area contributed by atoms with Crippen molar-refractivity contribution in [1.29, 1.82) is 0 Å². The fourth-order valence-corrected chi connectivity index (χ4v) is 2.56. The topological polar surface area (TPSA) is 35.5 Å². The molecule has 2 aromatic carbocycles. The molecule has 1 aliphatic carbocycles. The Morgan fingerprint density at radius 3 is 2.60 bits per heavy atom. The highest BCUT2D eigenvalue weighted by Crippen LogP contribution is 2.38. The van der Waals surface area contributed by atoms with E-state index in [0.717, 1.165) is 23.1 Å². The van der Waals surface area contributed by atoms with Gasteiger partial charge in [0.15, 0.2) is 17.3 Å². The van der Waals surface area contributed by atoms with Crippen molar-refractivity contribution in [3.8, 4) is 11.5 Å². The van der Waals surface area contributed by atoms with Crippen LogP contribution in [0.4, 0.5) is 0 Å². The first-order valence-electron chi connectivity index (χ1n) is 6.69. The maximum atomic E-state index is 11.7. The lowest BCUT2D eigenvalue weighted by molar-refractivity contribution is 0.0994. The fraction of sp³-hybridized carbons (Fsp3) is 0.235. The van der Waals surface area contributed by atoms with Gasteiger partial charge in [-0.1, -0.05) is 30.3 Å². The van der Waals surface area contributed by atoms with E-state index in [2.05, 4.69) is 0 Å². The number of benzene rings is 2. The van der Waals surface area contributed by atoms with Crippen molar-refractivity contribution in [3.05, 3.63) is 59.2 Å². The first-order valence-corrected chi connectivity index (χ1v) is 6.69. The van der Waals surface area contributed by atoms with Crippen LogP contribution < -0.4 is 9.47 Å². The number of Topliss-reactive ketones (excluding diaryl/α,β-unsaturated/α-hetero) is 1. The molecule has 2 aromatic rings. The van der Waals surface area contributed by atoms with Crippen LogP contribution in [0.15, 0.2) is 42.5 Å². The summed E-state index contributed by atoms with van der Waals surface area (Å²) in [5, 5.41) is 0. The van der Waals surface area contributed by atoms with Crippen LogP contribution in [0.3, 0.4) is 0 Å². The molecule has 0 fully saturated rings. The Morgan fingerprint density at radius 1 is 1.05 bits per heavy atom. The van der Waals surface area contributed by atoms with Gasteiger partial charge in [-0.25, -0.2) is 0 Å². The van der Waals surface area contributed by atoms with E-state index < -0.39 is 0 Å². The van der Waals surface area contributed by atoms with Crippen molar-refractivity contribution in [2.24, 2.45) is 0 Å². The van der Waals surface area contributed by atoms with E-state index in [4.69, 9.17) is 9.47 Å². The van der Waals surface area contributed by atoms with Gasteiger partial charge in [0.25, 0.3) is 0 Å². The van der Waals surface area contributed by atoms with Gasteiger partial charge < -0.3 is 9.47 Å². The third-order valence-corrected chi connectivity index (χ3v) is 3.57. The molecule has 0 heterocycles. The van der Waals surface area contributed by atoms with Crippen LogP contribution in [0.5, 0.6) is 11.5 Å². The summed E-state index contributed by atoms with van der Waals surface area (Å²) in [6, 6.07) is 13.6. The maximum Gasteiger partial charge on any atom is 0.164 e. The third kappa shape index (κ3) is 2.27. The summed E-state index contributed by atoms with van der Waals surface area (Å²) >= 11 is 0. The Kier molecular flexibility index (Phi) is 3.42. The summed E-state index contributed by atoms with van der Waals surface area (Å²) in [5.74, 6) is 1.59. The zero-order valence-electron chi connectivity index (χ0n) is 11.4. The van der Waals surface area contributed by atoms with Crippen LogP contribution >= 0.6 is 0 Å². The molecule has 0 aliphatic heterocycles. The average Bonchev–Trinajstić information content (AvgIpc) is 2.87. The van der Waals surface area contributed by atoms with Gasteiger partial charge in [-0.3, -0.25) is 4.79 Å². The molecule has 0 N–H and O–H groups in total. The molecule has 3 rings (SSSR count). The van der Waals surface area contributed by atoms with E-state index in [-0.39, 0.29) is 5.78 Å². The van der Waals surface area contributed by atoms with Crippen molar-refractivity contribution >= 4 is 5.78 Å². The van der Waals surface area contributed by atoms with Crippen LogP contribution in [0.25, 0.3) is 0 Å². The highest BCUT2D eigenvalue weighted by molar-refractivity contribution is 6.01. The van der Waals surface area contributed by atoms with Crippen LogP contribution in [-0.2, 0) is 13.0 Å².